The number of aliphatic carboxylic acids is 1. The second-order valence-electron chi connectivity index (χ2n) is 5.07. The van der Waals surface area contributed by atoms with Gasteiger partial charge in [-0.15, -0.1) is 0 Å². The molecule has 0 unspecified atom stereocenters. The van der Waals surface area contributed by atoms with Gasteiger partial charge >= 0.3 is 12.0 Å². The Kier molecular flexibility index (Phi) is 4.51. The van der Waals surface area contributed by atoms with Crippen molar-refractivity contribution in [3.05, 3.63) is 15.5 Å². The number of aromatic nitrogens is 2. The van der Waals surface area contributed by atoms with Gasteiger partial charge in [0.25, 0.3) is 0 Å². The van der Waals surface area contributed by atoms with Gasteiger partial charge in [-0.1, -0.05) is 6.42 Å². The van der Waals surface area contributed by atoms with Gasteiger partial charge in [0.1, 0.15) is 0 Å². The van der Waals surface area contributed by atoms with Crippen LogP contribution < -0.4 is 10.6 Å². The first kappa shape index (κ1) is 15.1. The molecule has 0 spiro atoms. The van der Waals surface area contributed by atoms with E-state index in [9.17, 15) is 9.59 Å². The molecule has 7 nitrogen and oxygen atoms in total. The fraction of sp³-hybridized carbons (Fsp3) is 0.583. The molecule has 1 aliphatic rings. The molecule has 2 amide bonds. The predicted octanol–water partition coefficient (Wildman–Crippen LogP) is 1.08. The molecule has 1 saturated carbocycles. The Labute approximate surface area is 130 Å². The van der Waals surface area contributed by atoms with E-state index in [0.717, 1.165) is 15.7 Å². The van der Waals surface area contributed by atoms with Gasteiger partial charge in [-0.2, -0.15) is 5.10 Å². The Morgan fingerprint density at radius 2 is 2.20 bits per heavy atom. The summed E-state index contributed by atoms with van der Waals surface area (Å²) in [5.74, 6) is -0.830. The average Bonchev–Trinajstić information content (AvgIpc) is 2.63. The smallest absolute Gasteiger partial charge is 0.315 e. The number of nitrogens with zero attached hydrogens (tertiary/aromatic N) is 2. The van der Waals surface area contributed by atoms with Gasteiger partial charge in [-0.3, -0.25) is 9.48 Å². The van der Waals surface area contributed by atoms with Crippen LogP contribution in [0, 0.1) is 8.99 Å². The summed E-state index contributed by atoms with van der Waals surface area (Å²) in [5.41, 5.74) is 0.0244. The summed E-state index contributed by atoms with van der Waals surface area (Å²) in [6.45, 7) is 0.499. The van der Waals surface area contributed by atoms with Crippen LogP contribution in [-0.4, -0.2) is 33.4 Å². The van der Waals surface area contributed by atoms with E-state index >= 15 is 0 Å². The van der Waals surface area contributed by atoms with Crippen molar-refractivity contribution in [2.24, 2.45) is 12.5 Å². The minimum Gasteiger partial charge on any atom is -0.481 e. The highest BCUT2D eigenvalue weighted by molar-refractivity contribution is 14.1. The Balaban J connectivity index is 1.78. The lowest BCUT2D eigenvalue weighted by atomic mass is 9.69. The number of hydrogen-bond donors (Lipinski definition) is 3. The molecule has 2 rings (SSSR count). The molecule has 8 heteroatoms. The number of carboxylic acids is 1. The van der Waals surface area contributed by atoms with E-state index in [1.807, 2.05) is 13.2 Å². The zero-order valence-corrected chi connectivity index (χ0v) is 13.3. The summed E-state index contributed by atoms with van der Waals surface area (Å²) in [7, 11) is 1.82. The molecule has 1 aromatic rings. The van der Waals surface area contributed by atoms with Crippen molar-refractivity contribution < 1.29 is 14.7 Å². The number of rotatable bonds is 5. The van der Waals surface area contributed by atoms with Gasteiger partial charge in [0.05, 0.1) is 21.2 Å². The number of nitrogens with one attached hydrogen (secondary N) is 2. The number of urea groups is 1. The number of carboxylic acid groups (broad SMARTS) is 1. The van der Waals surface area contributed by atoms with E-state index in [1.54, 1.807) is 4.68 Å². The third-order valence-corrected chi connectivity index (χ3v) is 4.52. The van der Waals surface area contributed by atoms with Crippen LogP contribution in [0.5, 0.6) is 0 Å². The molecule has 0 radical (unpaired) electrons. The largest absolute Gasteiger partial charge is 0.481 e. The quantitative estimate of drug-likeness (QED) is 0.654. The second kappa shape index (κ2) is 5.98. The van der Waals surface area contributed by atoms with Crippen LogP contribution >= 0.6 is 22.6 Å². The fourth-order valence-electron chi connectivity index (χ4n) is 2.17. The lowest BCUT2D eigenvalue weighted by molar-refractivity contribution is -0.153. The predicted molar refractivity (Wildman–Crippen MR) is 80.1 cm³/mol. The van der Waals surface area contributed by atoms with Crippen LogP contribution in [0.1, 0.15) is 25.0 Å². The lowest BCUT2D eigenvalue weighted by Gasteiger charge is -2.37. The van der Waals surface area contributed by atoms with Crippen molar-refractivity contribution in [1.29, 1.82) is 0 Å². The molecule has 0 atom stereocenters. The van der Waals surface area contributed by atoms with Crippen LogP contribution in [0.4, 0.5) is 4.79 Å². The van der Waals surface area contributed by atoms with Crippen LogP contribution in [0.15, 0.2) is 6.20 Å². The summed E-state index contributed by atoms with van der Waals surface area (Å²) in [4.78, 5) is 22.8. The number of aryl methyl sites for hydroxylation is 1. The van der Waals surface area contributed by atoms with E-state index in [0.29, 0.717) is 19.4 Å². The van der Waals surface area contributed by atoms with E-state index in [4.69, 9.17) is 5.11 Å². The van der Waals surface area contributed by atoms with Crippen molar-refractivity contribution in [1.82, 2.24) is 20.4 Å². The molecule has 20 heavy (non-hydrogen) atoms. The van der Waals surface area contributed by atoms with Crippen LogP contribution in [0.2, 0.25) is 0 Å². The van der Waals surface area contributed by atoms with Gasteiger partial charge in [0.2, 0.25) is 0 Å². The highest BCUT2D eigenvalue weighted by Gasteiger charge is 2.44. The van der Waals surface area contributed by atoms with Crippen molar-refractivity contribution >= 4 is 34.6 Å². The monoisotopic (exact) mass is 392 g/mol. The fourth-order valence-corrected chi connectivity index (χ4v) is 2.87. The molecular weight excluding hydrogens is 375 g/mol. The van der Waals surface area contributed by atoms with Crippen LogP contribution in [0.3, 0.4) is 0 Å². The summed E-state index contributed by atoms with van der Waals surface area (Å²) in [6, 6.07) is -0.362. The SMILES string of the molecule is Cn1cc(I)c(CNC(=O)NCC2(C(=O)O)CCC2)n1. The van der Waals surface area contributed by atoms with Crippen LogP contribution in [-0.2, 0) is 18.4 Å². The Morgan fingerprint density at radius 3 is 2.65 bits per heavy atom. The zero-order chi connectivity index (χ0) is 14.8. The normalized spacial score (nSPS) is 16.3. The molecule has 3 N–H and O–H groups in total. The molecule has 1 fully saturated rings. The maximum Gasteiger partial charge on any atom is 0.315 e. The molecule has 1 heterocycles. The molecular formula is C12H17IN4O3. The summed E-state index contributed by atoms with van der Waals surface area (Å²) >= 11 is 2.15. The molecule has 110 valence electrons. The topological polar surface area (TPSA) is 96.2 Å². The zero-order valence-electron chi connectivity index (χ0n) is 11.1. The number of amides is 2. The van der Waals surface area contributed by atoms with Crippen LogP contribution in [0.25, 0.3) is 0 Å². The van der Waals surface area contributed by atoms with Gasteiger partial charge in [0.15, 0.2) is 0 Å². The van der Waals surface area contributed by atoms with Gasteiger partial charge in [0, 0.05) is 19.8 Å². The maximum atomic E-state index is 11.7. The summed E-state index contributed by atoms with van der Waals surface area (Å²) < 4.78 is 2.66. The lowest BCUT2D eigenvalue weighted by Crippen LogP contribution is -2.49. The Morgan fingerprint density at radius 1 is 1.50 bits per heavy atom. The van der Waals surface area contributed by atoms with Crippen molar-refractivity contribution in [3.8, 4) is 0 Å². The highest BCUT2D eigenvalue weighted by atomic mass is 127. The first-order valence-corrected chi connectivity index (χ1v) is 7.44. The third-order valence-electron chi connectivity index (χ3n) is 3.62. The highest BCUT2D eigenvalue weighted by Crippen LogP contribution is 2.40. The molecule has 1 aliphatic carbocycles. The van der Waals surface area contributed by atoms with E-state index in [1.165, 1.54) is 0 Å². The minimum absolute atomic E-state index is 0.174. The maximum absolute atomic E-state index is 11.7. The second-order valence-corrected chi connectivity index (χ2v) is 6.23. The first-order chi connectivity index (χ1) is 9.43. The standard InChI is InChI=1S/C12H17IN4O3/c1-17-6-8(13)9(16-17)5-14-11(20)15-7-12(10(18)19)3-2-4-12/h6H,2-5,7H2,1H3,(H,18,19)(H2,14,15,20). The molecule has 0 saturated heterocycles. The summed E-state index contributed by atoms with van der Waals surface area (Å²) in [6.07, 6.45) is 4.02. The third kappa shape index (κ3) is 3.22. The van der Waals surface area contributed by atoms with E-state index < -0.39 is 11.4 Å². The van der Waals surface area contributed by atoms with Gasteiger partial charge < -0.3 is 15.7 Å². The number of carbonyl (C=O) groups is 2. The van der Waals surface area contributed by atoms with Gasteiger partial charge in [-0.25, -0.2) is 4.79 Å². The summed E-state index contributed by atoms with van der Waals surface area (Å²) in [5, 5.41) is 18.7. The Bertz CT molecular complexity index is 525. The van der Waals surface area contributed by atoms with E-state index in [-0.39, 0.29) is 12.6 Å². The molecule has 1 aromatic heterocycles. The molecule has 0 bridgehead atoms. The average molecular weight is 392 g/mol. The van der Waals surface area contributed by atoms with Gasteiger partial charge in [-0.05, 0) is 35.4 Å². The molecule has 0 aliphatic heterocycles. The van der Waals surface area contributed by atoms with E-state index in [2.05, 4.69) is 38.3 Å². The number of carbonyl (C=O) groups excluding carboxylic acids is 1. The number of halogens is 1. The van der Waals surface area contributed by atoms with Crippen molar-refractivity contribution in [2.75, 3.05) is 6.54 Å². The van der Waals surface area contributed by atoms with Crippen molar-refractivity contribution in [3.63, 3.8) is 0 Å². The van der Waals surface area contributed by atoms with Crippen molar-refractivity contribution in [2.45, 2.75) is 25.8 Å². The first-order valence-electron chi connectivity index (χ1n) is 6.36. The molecule has 0 aromatic carbocycles. The number of hydrogen-bond acceptors (Lipinski definition) is 3. The Hall–Kier alpha value is -1.32. The minimum atomic E-state index is -0.830.